The lowest BCUT2D eigenvalue weighted by Gasteiger charge is -2.34. The largest absolute Gasteiger partial charge is 0.370 e. The van der Waals surface area contributed by atoms with E-state index in [1.165, 1.54) is 6.07 Å². The topological polar surface area (TPSA) is 55.6 Å². The van der Waals surface area contributed by atoms with Gasteiger partial charge in [0.05, 0.1) is 18.2 Å². The van der Waals surface area contributed by atoms with Gasteiger partial charge in [-0.05, 0) is 37.0 Å². The van der Waals surface area contributed by atoms with Gasteiger partial charge in [0.15, 0.2) is 0 Å². The number of carbonyl (C=O) groups is 1. The molecule has 4 nitrogen and oxygen atoms in total. The Kier molecular flexibility index (Phi) is 4.66. The quantitative estimate of drug-likeness (QED) is 0.908. The Balaban J connectivity index is 1.68. The number of hydrogen-bond donors (Lipinski definition) is 1. The molecule has 120 valence electrons. The smallest absolute Gasteiger partial charge is 0.225 e. The second-order valence-electron chi connectivity index (χ2n) is 6.09. The van der Waals surface area contributed by atoms with Crippen LogP contribution in [0, 0.1) is 11.7 Å². The third-order valence-electron chi connectivity index (χ3n) is 4.52. The van der Waals surface area contributed by atoms with Crippen LogP contribution in [0.25, 0.3) is 0 Å². The van der Waals surface area contributed by atoms with E-state index in [1.807, 2.05) is 4.90 Å². The highest BCUT2D eigenvalue weighted by atomic mass is 35.5. The molecule has 2 N–H and O–H groups in total. The molecule has 3 unspecified atom stereocenters. The molecular formula is C16H20ClFN2O2. The zero-order valence-corrected chi connectivity index (χ0v) is 13.1. The summed E-state index contributed by atoms with van der Waals surface area (Å²) >= 11 is 5.83. The number of morpholine rings is 1. The van der Waals surface area contributed by atoms with Crippen LogP contribution in [0.5, 0.6) is 0 Å². The molecule has 1 aliphatic carbocycles. The SMILES string of the molecule is NC1CCC(C(=O)N2CCOC(c3ccc(F)c(Cl)c3)C2)C1. The van der Waals surface area contributed by atoms with Crippen molar-refractivity contribution < 1.29 is 13.9 Å². The molecule has 0 radical (unpaired) electrons. The number of halogens is 2. The van der Waals surface area contributed by atoms with E-state index in [4.69, 9.17) is 22.1 Å². The molecule has 1 aromatic carbocycles. The summed E-state index contributed by atoms with van der Waals surface area (Å²) in [6.07, 6.45) is 2.29. The van der Waals surface area contributed by atoms with Crippen LogP contribution in [-0.2, 0) is 9.53 Å². The first-order valence-corrected chi connectivity index (χ1v) is 8.03. The Morgan fingerprint density at radius 2 is 2.23 bits per heavy atom. The number of hydrogen-bond acceptors (Lipinski definition) is 3. The van der Waals surface area contributed by atoms with Gasteiger partial charge in [0.1, 0.15) is 11.9 Å². The highest BCUT2D eigenvalue weighted by molar-refractivity contribution is 6.30. The maximum atomic E-state index is 13.3. The van der Waals surface area contributed by atoms with Crippen LogP contribution in [0.1, 0.15) is 30.9 Å². The highest BCUT2D eigenvalue weighted by Gasteiger charge is 2.33. The summed E-state index contributed by atoms with van der Waals surface area (Å²) in [7, 11) is 0. The van der Waals surface area contributed by atoms with Crippen LogP contribution < -0.4 is 5.73 Å². The molecule has 1 aromatic rings. The fraction of sp³-hybridized carbons (Fsp3) is 0.562. The summed E-state index contributed by atoms with van der Waals surface area (Å²) in [4.78, 5) is 14.4. The molecule has 2 aliphatic rings. The zero-order chi connectivity index (χ0) is 15.7. The van der Waals surface area contributed by atoms with E-state index in [0.717, 1.165) is 24.8 Å². The number of amides is 1. The summed E-state index contributed by atoms with van der Waals surface area (Å²) in [5.74, 6) is -0.255. The van der Waals surface area contributed by atoms with E-state index in [9.17, 15) is 9.18 Å². The Labute approximate surface area is 134 Å². The molecule has 1 heterocycles. The first-order valence-electron chi connectivity index (χ1n) is 7.65. The number of carbonyl (C=O) groups excluding carboxylic acids is 1. The van der Waals surface area contributed by atoms with Crippen LogP contribution in [0.4, 0.5) is 4.39 Å². The predicted octanol–water partition coefficient (Wildman–Crippen LogP) is 2.51. The van der Waals surface area contributed by atoms with Crippen LogP contribution >= 0.6 is 11.6 Å². The van der Waals surface area contributed by atoms with E-state index in [2.05, 4.69) is 0 Å². The van der Waals surface area contributed by atoms with Crippen molar-refractivity contribution in [2.24, 2.45) is 11.7 Å². The summed E-state index contributed by atoms with van der Waals surface area (Å²) in [6.45, 7) is 1.55. The molecule has 3 rings (SSSR count). The number of nitrogens with two attached hydrogens (primary N) is 1. The standard InChI is InChI=1S/C16H20ClFN2O2/c17-13-8-10(2-4-14(13)18)15-9-20(5-6-22-15)16(21)11-1-3-12(19)7-11/h2,4,8,11-12,15H,1,3,5-7,9,19H2. The first kappa shape index (κ1) is 15.7. The van der Waals surface area contributed by atoms with Crippen molar-refractivity contribution in [2.45, 2.75) is 31.4 Å². The summed E-state index contributed by atoms with van der Waals surface area (Å²) in [5, 5.41) is 0.0753. The Hall–Kier alpha value is -1.17. The molecule has 22 heavy (non-hydrogen) atoms. The van der Waals surface area contributed by atoms with Crippen LogP contribution in [0.15, 0.2) is 18.2 Å². The van der Waals surface area contributed by atoms with E-state index in [0.29, 0.717) is 19.7 Å². The van der Waals surface area contributed by atoms with Crippen LogP contribution in [0.2, 0.25) is 5.02 Å². The van der Waals surface area contributed by atoms with Gasteiger partial charge in [-0.2, -0.15) is 0 Å². The van der Waals surface area contributed by atoms with Gasteiger partial charge in [-0.25, -0.2) is 4.39 Å². The van der Waals surface area contributed by atoms with Crippen molar-refractivity contribution in [1.29, 1.82) is 0 Å². The van der Waals surface area contributed by atoms with Gasteiger partial charge in [0, 0.05) is 18.5 Å². The predicted molar refractivity (Wildman–Crippen MR) is 82.0 cm³/mol. The number of ether oxygens (including phenoxy) is 1. The van der Waals surface area contributed by atoms with E-state index in [-0.39, 0.29) is 29.0 Å². The van der Waals surface area contributed by atoms with E-state index >= 15 is 0 Å². The maximum absolute atomic E-state index is 13.3. The molecule has 0 spiro atoms. The fourth-order valence-electron chi connectivity index (χ4n) is 3.26. The van der Waals surface area contributed by atoms with Crippen molar-refractivity contribution >= 4 is 17.5 Å². The minimum Gasteiger partial charge on any atom is -0.370 e. The van der Waals surface area contributed by atoms with Crippen LogP contribution in [0.3, 0.4) is 0 Å². The van der Waals surface area contributed by atoms with Crippen molar-refractivity contribution in [3.05, 3.63) is 34.6 Å². The number of nitrogens with zero attached hydrogens (tertiary/aromatic N) is 1. The highest BCUT2D eigenvalue weighted by Crippen LogP contribution is 2.30. The van der Waals surface area contributed by atoms with Gasteiger partial charge in [-0.15, -0.1) is 0 Å². The molecule has 2 fully saturated rings. The summed E-state index contributed by atoms with van der Waals surface area (Å²) in [5.41, 5.74) is 6.69. The summed E-state index contributed by atoms with van der Waals surface area (Å²) in [6, 6.07) is 4.70. The molecule has 1 amide bonds. The second kappa shape index (κ2) is 6.52. The summed E-state index contributed by atoms with van der Waals surface area (Å²) < 4.78 is 19.0. The minimum atomic E-state index is -0.450. The lowest BCUT2D eigenvalue weighted by atomic mass is 10.0. The Morgan fingerprint density at radius 1 is 1.41 bits per heavy atom. The average Bonchev–Trinajstić information content (AvgIpc) is 2.96. The fourth-order valence-corrected chi connectivity index (χ4v) is 3.45. The van der Waals surface area contributed by atoms with E-state index < -0.39 is 5.82 Å². The molecule has 3 atom stereocenters. The first-order chi connectivity index (χ1) is 10.5. The maximum Gasteiger partial charge on any atom is 0.225 e. The molecule has 6 heteroatoms. The van der Waals surface area contributed by atoms with Crippen molar-refractivity contribution in [1.82, 2.24) is 4.90 Å². The molecule has 1 aliphatic heterocycles. The zero-order valence-electron chi connectivity index (χ0n) is 12.3. The normalized spacial score (nSPS) is 28.9. The third kappa shape index (κ3) is 3.26. The van der Waals surface area contributed by atoms with Gasteiger partial charge in [0.2, 0.25) is 5.91 Å². The van der Waals surface area contributed by atoms with Gasteiger partial charge in [-0.1, -0.05) is 17.7 Å². The lowest BCUT2D eigenvalue weighted by Crippen LogP contribution is -2.44. The second-order valence-corrected chi connectivity index (χ2v) is 6.49. The van der Waals surface area contributed by atoms with Gasteiger partial charge >= 0.3 is 0 Å². The molecule has 1 saturated heterocycles. The van der Waals surface area contributed by atoms with Crippen molar-refractivity contribution in [2.75, 3.05) is 19.7 Å². The molecular weight excluding hydrogens is 307 g/mol. The Bertz CT molecular complexity index is 569. The minimum absolute atomic E-state index is 0.0329. The number of benzene rings is 1. The van der Waals surface area contributed by atoms with Gasteiger partial charge in [-0.3, -0.25) is 4.79 Å². The van der Waals surface area contributed by atoms with Crippen molar-refractivity contribution in [3.8, 4) is 0 Å². The van der Waals surface area contributed by atoms with E-state index in [1.54, 1.807) is 12.1 Å². The molecule has 0 bridgehead atoms. The van der Waals surface area contributed by atoms with Gasteiger partial charge in [0.25, 0.3) is 0 Å². The molecule has 1 saturated carbocycles. The monoisotopic (exact) mass is 326 g/mol. The molecule has 0 aromatic heterocycles. The third-order valence-corrected chi connectivity index (χ3v) is 4.81. The average molecular weight is 327 g/mol. The van der Waals surface area contributed by atoms with Gasteiger partial charge < -0.3 is 15.4 Å². The Morgan fingerprint density at radius 3 is 2.91 bits per heavy atom. The van der Waals surface area contributed by atoms with Crippen LogP contribution in [-0.4, -0.2) is 36.5 Å². The number of rotatable bonds is 2. The van der Waals surface area contributed by atoms with Crippen molar-refractivity contribution in [3.63, 3.8) is 0 Å². The lowest BCUT2D eigenvalue weighted by molar-refractivity contribution is -0.143.